The van der Waals surface area contributed by atoms with Crippen molar-refractivity contribution < 1.29 is 32.5 Å². The van der Waals surface area contributed by atoms with E-state index in [-0.39, 0.29) is 29.5 Å². The number of carbonyl (C=O) groups is 1. The Balaban J connectivity index is 0.000000876. The molecule has 8 nitrogen and oxygen atoms in total. The van der Waals surface area contributed by atoms with Gasteiger partial charge in [-0.2, -0.15) is 0 Å². The third kappa shape index (κ3) is 9.97. The maximum absolute atomic E-state index is 14.8. The Labute approximate surface area is 257 Å². The van der Waals surface area contributed by atoms with E-state index in [2.05, 4.69) is 27.2 Å². The van der Waals surface area contributed by atoms with Gasteiger partial charge in [-0.25, -0.2) is 23.1 Å². The maximum Gasteiger partial charge on any atom is 0.251 e. The number of ether oxygens (including phenoxy) is 2. The number of methoxy groups -OCH3 is 2. The predicted octanol–water partition coefficient (Wildman–Crippen LogP) is 7.06. The summed E-state index contributed by atoms with van der Waals surface area (Å²) in [6, 6.07) is 4.47. The topological polar surface area (TPSA) is 106 Å². The minimum atomic E-state index is -2.57. The summed E-state index contributed by atoms with van der Waals surface area (Å²) >= 11 is 0. The molecule has 4 rings (SSSR count). The van der Waals surface area contributed by atoms with Crippen LogP contribution in [0.1, 0.15) is 58.9 Å². The molecule has 2 aliphatic carbocycles. The molecule has 2 aliphatic rings. The third-order valence-electron chi connectivity index (χ3n) is 6.86. The lowest BCUT2D eigenvalue weighted by Crippen LogP contribution is -2.25. The number of rotatable bonds is 12. The van der Waals surface area contributed by atoms with Crippen molar-refractivity contribution in [3.63, 3.8) is 0 Å². The number of halogens is 3. The van der Waals surface area contributed by atoms with Gasteiger partial charge in [0.25, 0.3) is 6.43 Å². The van der Waals surface area contributed by atoms with Crippen LogP contribution >= 0.6 is 0 Å². The van der Waals surface area contributed by atoms with Gasteiger partial charge in [0.2, 0.25) is 11.9 Å². The van der Waals surface area contributed by atoms with Gasteiger partial charge < -0.3 is 25.2 Å². The highest BCUT2D eigenvalue weighted by Crippen LogP contribution is 2.56. The number of allylic oxidation sites excluding steroid dienone is 4. The number of alkyl halides is 2. The molecule has 1 fully saturated rings. The van der Waals surface area contributed by atoms with Crippen LogP contribution in [0.15, 0.2) is 78.3 Å². The van der Waals surface area contributed by atoms with Crippen LogP contribution in [0.4, 0.5) is 19.1 Å². The molecule has 1 amide bonds. The van der Waals surface area contributed by atoms with Crippen LogP contribution in [0.2, 0.25) is 0 Å². The minimum absolute atomic E-state index is 0.0716. The van der Waals surface area contributed by atoms with E-state index in [1.165, 1.54) is 25.3 Å². The molecule has 1 atom stereocenters. The first-order valence-corrected chi connectivity index (χ1v) is 14.6. The summed E-state index contributed by atoms with van der Waals surface area (Å²) in [5.74, 6) is 0.0556. The fourth-order valence-electron chi connectivity index (χ4n) is 4.04. The molecule has 240 valence electrons. The van der Waals surface area contributed by atoms with Crippen LogP contribution in [0, 0.1) is 11.2 Å². The normalized spacial score (nSPS) is 15.4. The highest BCUT2D eigenvalue weighted by atomic mass is 19.3. The number of nitrogens with one attached hydrogen (secondary N) is 2. The molecule has 1 saturated carbocycles. The van der Waals surface area contributed by atoms with Crippen molar-refractivity contribution in [2.24, 2.45) is 5.41 Å². The molecule has 0 saturated heterocycles. The van der Waals surface area contributed by atoms with Gasteiger partial charge in [0.05, 0.1) is 37.9 Å². The number of aromatic nitrogens is 2. The van der Waals surface area contributed by atoms with Crippen molar-refractivity contribution in [2.75, 3.05) is 19.5 Å². The Bertz CT molecular complexity index is 1350. The summed E-state index contributed by atoms with van der Waals surface area (Å²) in [5, 5.41) is 13.9. The summed E-state index contributed by atoms with van der Waals surface area (Å²) < 4.78 is 51.9. The van der Waals surface area contributed by atoms with E-state index >= 15 is 0 Å². The molecule has 0 spiro atoms. The highest BCUT2D eigenvalue weighted by molar-refractivity contribution is 5.81. The molecule has 44 heavy (non-hydrogen) atoms. The zero-order chi connectivity index (χ0) is 32.9. The van der Waals surface area contributed by atoms with E-state index in [0.29, 0.717) is 35.7 Å². The third-order valence-corrected chi connectivity index (χ3v) is 6.86. The van der Waals surface area contributed by atoms with Crippen LogP contribution in [0.25, 0.3) is 11.1 Å². The van der Waals surface area contributed by atoms with Crippen molar-refractivity contribution in [3.8, 4) is 11.1 Å². The number of aliphatic hydroxyl groups is 1. The van der Waals surface area contributed by atoms with E-state index in [0.717, 1.165) is 18.5 Å². The van der Waals surface area contributed by atoms with Crippen LogP contribution in [-0.4, -0.2) is 47.7 Å². The molecule has 0 bridgehead atoms. The smallest absolute Gasteiger partial charge is 0.251 e. The number of carbonyl (C=O) groups excluding carboxylic acids is 1. The molecular formula is C33H43F3N4O4. The molecular weight excluding hydrogens is 573 g/mol. The van der Waals surface area contributed by atoms with Gasteiger partial charge >= 0.3 is 0 Å². The lowest BCUT2D eigenvalue weighted by molar-refractivity contribution is -0.119. The van der Waals surface area contributed by atoms with E-state index in [9.17, 15) is 18.0 Å². The second-order valence-electron chi connectivity index (χ2n) is 10.0. The zero-order valence-corrected chi connectivity index (χ0v) is 26.2. The Morgan fingerprint density at radius 2 is 1.80 bits per heavy atom. The zero-order valence-electron chi connectivity index (χ0n) is 26.2. The highest BCUT2D eigenvalue weighted by Gasteiger charge is 2.55. The second kappa shape index (κ2) is 17.2. The fourth-order valence-corrected chi connectivity index (χ4v) is 4.04. The molecule has 1 unspecified atom stereocenters. The SMILES string of the molecule is C=C(/C=C(\OC)C1(C(F)F)CC1)NC(=O)Cc1ccc(-c2cnc(NC3=CCC=C3OC)nc2)cc1F.CC.CCC(C)O. The maximum atomic E-state index is 14.8. The first-order valence-electron chi connectivity index (χ1n) is 14.6. The summed E-state index contributed by atoms with van der Waals surface area (Å²) in [4.78, 5) is 21.0. The lowest BCUT2D eigenvalue weighted by atomic mass is 10.0. The molecule has 0 radical (unpaired) electrons. The van der Waals surface area contributed by atoms with Crippen molar-refractivity contribution >= 4 is 11.9 Å². The van der Waals surface area contributed by atoms with Crippen LogP contribution in [0.5, 0.6) is 0 Å². The molecule has 1 aromatic heterocycles. The fraction of sp³-hybridized carbons (Fsp3) is 0.424. The van der Waals surface area contributed by atoms with E-state index in [1.807, 2.05) is 32.9 Å². The Morgan fingerprint density at radius 1 is 1.16 bits per heavy atom. The predicted molar refractivity (Wildman–Crippen MR) is 166 cm³/mol. The summed E-state index contributed by atoms with van der Waals surface area (Å²) in [6.07, 6.45) is 7.59. The average molecular weight is 617 g/mol. The van der Waals surface area contributed by atoms with Crippen molar-refractivity contribution in [2.45, 2.75) is 72.3 Å². The van der Waals surface area contributed by atoms with Crippen molar-refractivity contribution in [1.29, 1.82) is 0 Å². The number of amides is 1. The van der Waals surface area contributed by atoms with Gasteiger partial charge in [-0.3, -0.25) is 4.79 Å². The summed E-state index contributed by atoms with van der Waals surface area (Å²) in [5.41, 5.74) is 0.869. The van der Waals surface area contributed by atoms with Crippen LogP contribution in [-0.2, 0) is 20.7 Å². The van der Waals surface area contributed by atoms with Crippen molar-refractivity contribution in [1.82, 2.24) is 15.3 Å². The van der Waals surface area contributed by atoms with E-state index in [1.54, 1.807) is 32.5 Å². The number of anilines is 1. The Hall–Kier alpha value is -4.12. The van der Waals surface area contributed by atoms with Gasteiger partial charge in [0.15, 0.2) is 0 Å². The van der Waals surface area contributed by atoms with Gasteiger partial charge in [-0.15, -0.1) is 0 Å². The van der Waals surface area contributed by atoms with E-state index in [4.69, 9.17) is 14.6 Å². The number of hydrogen-bond donors (Lipinski definition) is 3. The number of benzene rings is 1. The number of aliphatic hydroxyl groups excluding tert-OH is 1. The van der Waals surface area contributed by atoms with Crippen LogP contribution in [0.3, 0.4) is 0 Å². The average Bonchev–Trinajstić information content (AvgIpc) is 3.71. The largest absolute Gasteiger partial charge is 0.500 e. The van der Waals surface area contributed by atoms with Gasteiger partial charge in [-0.05, 0) is 62.0 Å². The molecule has 2 aromatic rings. The summed E-state index contributed by atoms with van der Waals surface area (Å²) in [7, 11) is 2.89. The number of hydrogen-bond acceptors (Lipinski definition) is 7. The number of nitrogens with zero attached hydrogens (tertiary/aromatic N) is 2. The quantitative estimate of drug-likeness (QED) is 0.173. The van der Waals surface area contributed by atoms with Crippen molar-refractivity contribution in [3.05, 3.63) is 89.7 Å². The van der Waals surface area contributed by atoms with E-state index < -0.39 is 23.6 Å². The molecule has 3 N–H and O–H groups in total. The Morgan fingerprint density at radius 3 is 2.30 bits per heavy atom. The van der Waals surface area contributed by atoms with Gasteiger partial charge in [0.1, 0.15) is 17.3 Å². The standard InChI is InChI=1S/C27H27F3N4O3.C4H10O.C2H6/c1-16(11-23(37-3)27(9-10-27)25(29)30)33-24(35)13-18-8-7-17(12-20(18)28)19-14-31-26(32-15-19)34-21-5-4-6-22(21)36-2;1-3-4(2)5;1-2/h5-8,11-12,14-15,25H,1,4,9-10,13H2,2-3H3,(H,33,35)(H,31,32,34);4-5H,3H2,1-2H3;1-2H3/b23-11-;;. The molecule has 0 aliphatic heterocycles. The Kier molecular flexibility index (Phi) is 14.1. The van der Waals surface area contributed by atoms with Crippen LogP contribution < -0.4 is 10.6 Å². The minimum Gasteiger partial charge on any atom is -0.500 e. The summed E-state index contributed by atoms with van der Waals surface area (Å²) in [6.45, 7) is 11.4. The molecule has 11 heteroatoms. The van der Waals surface area contributed by atoms with Gasteiger partial charge in [-0.1, -0.05) is 45.6 Å². The van der Waals surface area contributed by atoms with Gasteiger partial charge in [0, 0.05) is 23.7 Å². The molecule has 1 aromatic carbocycles. The monoisotopic (exact) mass is 616 g/mol. The lowest BCUT2D eigenvalue weighted by Gasteiger charge is -2.18. The molecule has 1 heterocycles. The first kappa shape index (κ1) is 36.1. The second-order valence-corrected chi connectivity index (χ2v) is 10.0. The first-order chi connectivity index (χ1) is 21.0.